The fourth-order valence-electron chi connectivity index (χ4n) is 2.78. The van der Waals surface area contributed by atoms with E-state index in [0.717, 1.165) is 31.7 Å². The van der Waals surface area contributed by atoms with Crippen LogP contribution >= 0.6 is 11.3 Å². The third kappa shape index (κ3) is 3.00. The first kappa shape index (κ1) is 16.2. The van der Waals surface area contributed by atoms with Crippen molar-refractivity contribution in [2.24, 2.45) is 0 Å². The molecule has 0 aliphatic heterocycles. The summed E-state index contributed by atoms with van der Waals surface area (Å²) in [5.41, 5.74) is 1.98. The number of thiophene rings is 1. The van der Waals surface area contributed by atoms with E-state index >= 15 is 0 Å². The summed E-state index contributed by atoms with van der Waals surface area (Å²) in [4.78, 5) is 13.3. The molecule has 2 aromatic heterocycles. The number of nitrogens with one attached hydrogen (secondary N) is 1. The largest absolute Gasteiger partial charge is 0.466 e. The molecule has 0 amide bonds. The highest BCUT2D eigenvalue weighted by Gasteiger charge is 2.16. The Hall–Kier alpha value is -3.32. The topological polar surface area (TPSA) is 80.8 Å². The predicted molar refractivity (Wildman–Crippen MR) is 101 cm³/mol. The number of methoxy groups -OCH3 is 1. The maximum Gasteiger partial charge on any atom is 0.330 e. The van der Waals surface area contributed by atoms with Crippen LogP contribution in [0.15, 0.2) is 54.6 Å². The summed E-state index contributed by atoms with van der Waals surface area (Å²) in [7, 11) is 1.36. The minimum absolute atomic E-state index is 0.395. The molecule has 128 valence electrons. The van der Waals surface area contributed by atoms with E-state index in [2.05, 4.69) is 49.6 Å². The van der Waals surface area contributed by atoms with Gasteiger partial charge in [0.15, 0.2) is 5.82 Å². The molecule has 0 aliphatic carbocycles. The molecule has 0 bridgehead atoms. The molecule has 2 heterocycles. The lowest BCUT2D eigenvalue weighted by Crippen LogP contribution is -1.92. The SMILES string of the molecule is COC(=O)C=Cc1cc(-c2nnn[nH]2)c(-c2cccc3ccccc23)s1. The molecule has 4 aromatic rings. The number of H-pyrrole nitrogens is 1. The fraction of sp³-hybridized carbons (Fsp3) is 0.0526. The van der Waals surface area contributed by atoms with Gasteiger partial charge in [0, 0.05) is 27.0 Å². The number of esters is 1. The quantitative estimate of drug-likeness (QED) is 0.439. The van der Waals surface area contributed by atoms with Gasteiger partial charge in [-0.15, -0.1) is 16.4 Å². The Balaban J connectivity index is 1.90. The summed E-state index contributed by atoms with van der Waals surface area (Å²) in [6.45, 7) is 0. The monoisotopic (exact) mass is 362 g/mol. The van der Waals surface area contributed by atoms with E-state index in [0.29, 0.717) is 5.82 Å². The van der Waals surface area contributed by atoms with Crippen molar-refractivity contribution in [1.29, 1.82) is 0 Å². The van der Waals surface area contributed by atoms with E-state index in [1.807, 2.05) is 24.3 Å². The van der Waals surface area contributed by atoms with Crippen LogP contribution in [0.2, 0.25) is 0 Å². The van der Waals surface area contributed by atoms with E-state index in [1.54, 1.807) is 17.4 Å². The minimum atomic E-state index is -0.395. The van der Waals surface area contributed by atoms with Gasteiger partial charge in [0.05, 0.1) is 7.11 Å². The Morgan fingerprint density at radius 3 is 2.81 bits per heavy atom. The van der Waals surface area contributed by atoms with Crippen LogP contribution in [0, 0.1) is 0 Å². The number of fused-ring (bicyclic) bond motifs is 1. The molecular formula is C19H14N4O2S. The van der Waals surface area contributed by atoms with Crippen molar-refractivity contribution in [2.45, 2.75) is 0 Å². The van der Waals surface area contributed by atoms with E-state index in [4.69, 9.17) is 0 Å². The van der Waals surface area contributed by atoms with E-state index in [1.165, 1.54) is 13.2 Å². The number of carbonyl (C=O) groups excluding carboxylic acids is 1. The van der Waals surface area contributed by atoms with Crippen molar-refractivity contribution in [3.8, 4) is 21.8 Å². The molecule has 0 aliphatic rings. The van der Waals surface area contributed by atoms with Crippen LogP contribution in [-0.2, 0) is 9.53 Å². The van der Waals surface area contributed by atoms with Crippen molar-refractivity contribution in [3.05, 3.63) is 59.5 Å². The Bertz CT molecular complexity index is 1090. The number of hydrogen-bond donors (Lipinski definition) is 1. The van der Waals surface area contributed by atoms with Crippen LogP contribution in [0.5, 0.6) is 0 Å². The lowest BCUT2D eigenvalue weighted by atomic mass is 10.0. The zero-order valence-electron chi connectivity index (χ0n) is 13.8. The maximum atomic E-state index is 11.4. The van der Waals surface area contributed by atoms with Crippen LogP contribution < -0.4 is 0 Å². The van der Waals surface area contributed by atoms with Gasteiger partial charge in [-0.2, -0.15) is 0 Å². The first-order valence-corrected chi connectivity index (χ1v) is 8.70. The number of aromatic amines is 1. The second-order valence-corrected chi connectivity index (χ2v) is 6.61. The summed E-state index contributed by atoms with van der Waals surface area (Å²) in [5.74, 6) is 0.190. The Morgan fingerprint density at radius 2 is 2.00 bits per heavy atom. The average molecular weight is 362 g/mol. The maximum absolute atomic E-state index is 11.4. The molecule has 0 radical (unpaired) electrons. The highest BCUT2D eigenvalue weighted by Crippen LogP contribution is 2.41. The molecule has 0 spiro atoms. The van der Waals surface area contributed by atoms with Crippen LogP contribution in [0.3, 0.4) is 0 Å². The summed E-state index contributed by atoms with van der Waals surface area (Å²) >= 11 is 1.57. The summed E-state index contributed by atoms with van der Waals surface area (Å²) < 4.78 is 4.66. The number of nitrogens with zero attached hydrogens (tertiary/aromatic N) is 3. The van der Waals surface area contributed by atoms with Gasteiger partial charge in [-0.25, -0.2) is 9.89 Å². The van der Waals surface area contributed by atoms with Crippen molar-refractivity contribution in [2.75, 3.05) is 7.11 Å². The van der Waals surface area contributed by atoms with Gasteiger partial charge in [-0.05, 0) is 33.3 Å². The third-order valence-electron chi connectivity index (χ3n) is 3.97. The number of hydrogen-bond acceptors (Lipinski definition) is 6. The van der Waals surface area contributed by atoms with Crippen molar-refractivity contribution >= 4 is 34.2 Å². The molecule has 0 unspecified atom stereocenters. The Morgan fingerprint density at radius 1 is 1.15 bits per heavy atom. The number of rotatable bonds is 4. The van der Waals surface area contributed by atoms with Gasteiger partial charge in [0.2, 0.25) is 0 Å². The summed E-state index contributed by atoms with van der Waals surface area (Å²) in [6, 6.07) is 16.4. The number of benzene rings is 2. The summed E-state index contributed by atoms with van der Waals surface area (Å²) in [5, 5.41) is 16.5. The molecule has 0 saturated heterocycles. The normalized spacial score (nSPS) is 11.3. The summed E-state index contributed by atoms with van der Waals surface area (Å²) in [6.07, 6.45) is 3.14. The molecule has 4 rings (SSSR count). The predicted octanol–water partition coefficient (Wildman–Crippen LogP) is 3.93. The van der Waals surface area contributed by atoms with Gasteiger partial charge in [-0.3, -0.25) is 0 Å². The fourth-order valence-corrected chi connectivity index (χ4v) is 3.89. The van der Waals surface area contributed by atoms with Gasteiger partial charge in [0.25, 0.3) is 0 Å². The number of tetrazole rings is 1. The highest BCUT2D eigenvalue weighted by molar-refractivity contribution is 7.17. The molecule has 1 N–H and O–H groups in total. The van der Waals surface area contributed by atoms with Gasteiger partial charge < -0.3 is 4.74 Å². The molecule has 2 aromatic carbocycles. The molecule has 0 fully saturated rings. The number of ether oxygens (including phenoxy) is 1. The zero-order chi connectivity index (χ0) is 17.9. The first-order valence-electron chi connectivity index (χ1n) is 7.88. The standard InChI is InChI=1S/C19H14N4O2S/c1-25-17(24)10-9-13-11-16(19-20-22-23-21-19)18(26-13)15-8-4-6-12-5-2-3-7-14(12)15/h2-11H,1H3,(H,20,21,22,23). The number of carbonyl (C=O) groups is 1. The molecule has 0 atom stereocenters. The minimum Gasteiger partial charge on any atom is -0.466 e. The smallest absolute Gasteiger partial charge is 0.330 e. The van der Waals surface area contributed by atoms with E-state index < -0.39 is 5.97 Å². The third-order valence-corrected chi connectivity index (χ3v) is 5.10. The Kier molecular flexibility index (Phi) is 4.28. The van der Waals surface area contributed by atoms with Crippen LogP contribution in [0.4, 0.5) is 0 Å². The second kappa shape index (κ2) is 6.89. The van der Waals surface area contributed by atoms with Gasteiger partial charge in [-0.1, -0.05) is 42.5 Å². The molecular weight excluding hydrogens is 348 g/mol. The number of aromatic nitrogens is 4. The van der Waals surface area contributed by atoms with E-state index in [9.17, 15) is 4.79 Å². The van der Waals surface area contributed by atoms with Crippen molar-refractivity contribution in [3.63, 3.8) is 0 Å². The van der Waals surface area contributed by atoms with E-state index in [-0.39, 0.29) is 0 Å². The molecule has 26 heavy (non-hydrogen) atoms. The average Bonchev–Trinajstić information content (AvgIpc) is 3.35. The second-order valence-electron chi connectivity index (χ2n) is 5.52. The van der Waals surface area contributed by atoms with Crippen LogP contribution in [-0.4, -0.2) is 33.7 Å². The van der Waals surface area contributed by atoms with Crippen LogP contribution in [0.1, 0.15) is 4.88 Å². The van der Waals surface area contributed by atoms with Gasteiger partial charge >= 0.3 is 5.97 Å². The lowest BCUT2D eigenvalue weighted by molar-refractivity contribution is -0.134. The first-order chi connectivity index (χ1) is 12.8. The zero-order valence-corrected chi connectivity index (χ0v) is 14.7. The van der Waals surface area contributed by atoms with Crippen molar-refractivity contribution in [1.82, 2.24) is 20.6 Å². The van der Waals surface area contributed by atoms with Gasteiger partial charge in [0.1, 0.15) is 0 Å². The van der Waals surface area contributed by atoms with Crippen molar-refractivity contribution < 1.29 is 9.53 Å². The Labute approximate surface area is 153 Å². The van der Waals surface area contributed by atoms with Crippen LogP contribution in [0.25, 0.3) is 38.7 Å². The highest BCUT2D eigenvalue weighted by atomic mass is 32.1. The molecule has 7 heteroatoms. The molecule has 6 nitrogen and oxygen atoms in total. The lowest BCUT2D eigenvalue weighted by Gasteiger charge is -2.06. The molecule has 0 saturated carbocycles.